The molecule has 0 fully saturated rings. The van der Waals surface area contributed by atoms with Crippen LogP contribution in [0.4, 0.5) is 0 Å². The van der Waals surface area contributed by atoms with Gasteiger partial charge in [0.1, 0.15) is 6.42 Å². The predicted octanol–water partition coefficient (Wildman–Crippen LogP) is 0.284. The lowest BCUT2D eigenvalue weighted by atomic mass is 10.1. The molecule has 42 valence electrons. The molecule has 0 aliphatic heterocycles. The van der Waals surface area contributed by atoms with Crippen molar-refractivity contribution in [1.82, 2.24) is 0 Å². The first-order chi connectivity index (χ1) is 3.13. The maximum Gasteiger partial charge on any atom is 0.516 e. The van der Waals surface area contributed by atoms with Gasteiger partial charge in [-0.25, -0.2) is 0 Å². The molecule has 0 saturated carbocycles. The highest BCUT2D eigenvalue weighted by atomic mass is 16.4. The number of carbonyl (C=O) groups excluding carboxylic acids is 1. The molecule has 0 atom stereocenters. The van der Waals surface area contributed by atoms with Gasteiger partial charge in [0.25, 0.3) is 0 Å². The second kappa shape index (κ2) is 2.61. The second-order valence-electron chi connectivity index (χ2n) is 2.02. The van der Waals surface area contributed by atoms with Crippen molar-refractivity contribution in [2.75, 3.05) is 0 Å². The first-order valence-corrected chi connectivity index (χ1v) is 2.37. The molecule has 0 rings (SSSR count). The summed E-state index contributed by atoms with van der Waals surface area (Å²) in [7, 11) is 0. The van der Waals surface area contributed by atoms with Crippen LogP contribution in [0.2, 0.25) is 0 Å². The number of carbonyl (C=O) groups is 1. The van der Waals surface area contributed by atoms with Crippen molar-refractivity contribution in [2.24, 2.45) is 5.92 Å². The zero-order valence-corrected chi connectivity index (χ0v) is 4.69. The van der Waals surface area contributed by atoms with Crippen LogP contribution in [0.15, 0.2) is 0 Å². The lowest BCUT2D eigenvalue weighted by molar-refractivity contribution is -0.137. The smallest absolute Gasteiger partial charge is 0.516 e. The van der Waals surface area contributed by atoms with Gasteiger partial charge in [0.15, 0.2) is 0 Å². The van der Waals surface area contributed by atoms with Crippen LogP contribution in [0.25, 0.3) is 0 Å². The Kier molecular flexibility index (Phi) is 2.41. The molecular weight excluding hydrogens is 92.1 g/mol. The van der Waals surface area contributed by atoms with E-state index in [1.54, 1.807) is 0 Å². The summed E-state index contributed by atoms with van der Waals surface area (Å²) in [5, 5.41) is 6.47. The fourth-order valence-electron chi connectivity index (χ4n) is 0.371. The Bertz CT molecular complexity index is 66.5. The fourth-order valence-corrected chi connectivity index (χ4v) is 0.371. The lowest BCUT2D eigenvalue weighted by Crippen LogP contribution is -1.99. The van der Waals surface area contributed by atoms with Gasteiger partial charge in [-0.05, 0) is 5.92 Å². The van der Waals surface area contributed by atoms with E-state index in [0.717, 1.165) is 0 Å². The quantitative estimate of drug-likeness (QED) is 0.463. The molecule has 0 radical (unpaired) electrons. The van der Waals surface area contributed by atoms with Gasteiger partial charge in [0.05, 0.1) is 0 Å². The summed E-state index contributed by atoms with van der Waals surface area (Å²) in [5.41, 5.74) is 0. The second-order valence-corrected chi connectivity index (χ2v) is 2.02. The van der Waals surface area contributed by atoms with Gasteiger partial charge in [-0.3, -0.25) is 0 Å². The van der Waals surface area contributed by atoms with Crippen LogP contribution in [-0.2, 0) is 4.79 Å². The maximum atomic E-state index is 9.92. The van der Waals surface area contributed by atoms with Crippen LogP contribution >= 0.6 is 0 Å². The van der Waals surface area contributed by atoms with Gasteiger partial charge in [0.2, 0.25) is 0 Å². The Hall–Kier alpha value is -0.530. The molecule has 0 bridgehead atoms. The summed E-state index contributed by atoms with van der Waals surface area (Å²) in [4.78, 5) is 9.92. The van der Waals surface area contributed by atoms with E-state index in [0.29, 0.717) is 12.3 Å². The first kappa shape index (κ1) is 6.47. The topological polar surface area (TPSA) is 40.0 Å². The first-order valence-electron chi connectivity index (χ1n) is 2.37. The molecule has 0 unspecified atom stereocenters. The lowest BCUT2D eigenvalue weighted by Gasteiger charge is -1.89. The zero-order valence-electron chi connectivity index (χ0n) is 4.69. The van der Waals surface area contributed by atoms with Crippen molar-refractivity contribution in [1.29, 1.82) is 0 Å². The highest BCUT2D eigenvalue weighted by molar-refractivity contribution is 5.66. The number of rotatable bonds is 2. The zero-order chi connectivity index (χ0) is 5.86. The van der Waals surface area contributed by atoms with Crippen molar-refractivity contribution in [3.05, 3.63) is 0 Å². The van der Waals surface area contributed by atoms with Gasteiger partial charge < -0.3 is 5.11 Å². The van der Waals surface area contributed by atoms with Gasteiger partial charge in [-0.1, -0.05) is 13.8 Å². The van der Waals surface area contributed by atoms with E-state index in [1.165, 1.54) is 0 Å². The molecule has 0 aromatic carbocycles. The SMILES string of the molecule is CC(C)CC(=O)[OH2+]. The Balaban J connectivity index is 3.13. The predicted molar refractivity (Wildman–Crippen MR) is 28.1 cm³/mol. The summed E-state index contributed by atoms with van der Waals surface area (Å²) in [6, 6.07) is 0. The molecule has 2 N–H and O–H groups in total. The van der Waals surface area contributed by atoms with E-state index in [4.69, 9.17) is 5.11 Å². The summed E-state index contributed by atoms with van der Waals surface area (Å²) in [6.07, 6.45) is 0.389. The molecule has 2 heteroatoms. The largest absolute Gasteiger partial charge is 0.565 e. The molecule has 0 heterocycles. The average Bonchev–Trinajstić information content (AvgIpc) is 1.27. The Labute approximate surface area is 43.2 Å². The van der Waals surface area contributed by atoms with Crippen LogP contribution in [0.3, 0.4) is 0 Å². The van der Waals surface area contributed by atoms with Crippen LogP contribution in [0.1, 0.15) is 20.3 Å². The minimum Gasteiger partial charge on any atom is -0.565 e. The van der Waals surface area contributed by atoms with E-state index in [1.807, 2.05) is 13.8 Å². The molecule has 0 aliphatic rings. The van der Waals surface area contributed by atoms with Crippen LogP contribution in [0, 0.1) is 5.92 Å². The minimum atomic E-state index is -0.463. The van der Waals surface area contributed by atoms with Gasteiger partial charge in [-0.15, -0.1) is 0 Å². The van der Waals surface area contributed by atoms with Crippen molar-refractivity contribution in [3.63, 3.8) is 0 Å². The molecule has 0 amide bonds. The average molecular weight is 103 g/mol. The summed E-state index contributed by atoms with van der Waals surface area (Å²) < 4.78 is 0. The Morgan fingerprint density at radius 1 is 1.71 bits per heavy atom. The Morgan fingerprint density at radius 3 is 2.14 bits per heavy atom. The maximum absolute atomic E-state index is 9.92. The third-order valence-electron chi connectivity index (χ3n) is 0.594. The van der Waals surface area contributed by atoms with Gasteiger partial charge >= 0.3 is 5.97 Å². The van der Waals surface area contributed by atoms with Crippen LogP contribution in [0.5, 0.6) is 0 Å². The number of hydrogen-bond donors (Lipinski definition) is 0. The minimum absolute atomic E-state index is 0.338. The molecule has 2 nitrogen and oxygen atoms in total. The van der Waals surface area contributed by atoms with Crippen molar-refractivity contribution in [3.8, 4) is 0 Å². The number of hydrogen-bond acceptors (Lipinski definition) is 1. The van der Waals surface area contributed by atoms with Crippen LogP contribution in [-0.4, -0.2) is 11.1 Å². The standard InChI is InChI=1S/C5H10O2/c1-4(2)3-5(6)7/h4H,3H2,1-2H3,(H,6,7)/p+1. The van der Waals surface area contributed by atoms with Gasteiger partial charge in [0, 0.05) is 4.79 Å². The van der Waals surface area contributed by atoms with Crippen molar-refractivity contribution < 1.29 is 9.90 Å². The van der Waals surface area contributed by atoms with E-state index in [2.05, 4.69) is 0 Å². The molecule has 0 saturated heterocycles. The normalized spacial score (nSPS) is 9.57. The molecule has 0 aliphatic carbocycles. The van der Waals surface area contributed by atoms with E-state index < -0.39 is 5.97 Å². The van der Waals surface area contributed by atoms with E-state index >= 15 is 0 Å². The summed E-state index contributed by atoms with van der Waals surface area (Å²) in [6.45, 7) is 3.85. The monoisotopic (exact) mass is 103 g/mol. The van der Waals surface area contributed by atoms with Crippen molar-refractivity contribution in [2.45, 2.75) is 20.3 Å². The summed E-state index contributed by atoms with van der Waals surface area (Å²) >= 11 is 0. The third kappa shape index (κ3) is 5.47. The molecular formula is C5H11O2+. The van der Waals surface area contributed by atoms with E-state index in [-0.39, 0.29) is 0 Å². The highest BCUT2D eigenvalue weighted by Crippen LogP contribution is 1.96. The molecule has 7 heavy (non-hydrogen) atoms. The van der Waals surface area contributed by atoms with E-state index in [9.17, 15) is 4.79 Å². The Morgan fingerprint density at radius 2 is 2.14 bits per heavy atom. The van der Waals surface area contributed by atoms with Gasteiger partial charge in [-0.2, -0.15) is 0 Å². The summed E-state index contributed by atoms with van der Waals surface area (Å²) in [5.74, 6) is -0.125. The molecule has 0 aromatic heterocycles. The van der Waals surface area contributed by atoms with Crippen LogP contribution < -0.4 is 0 Å². The van der Waals surface area contributed by atoms with Crippen molar-refractivity contribution >= 4 is 5.97 Å². The molecule has 0 spiro atoms. The fraction of sp³-hybridized carbons (Fsp3) is 0.800. The molecule has 0 aromatic rings. The highest BCUT2D eigenvalue weighted by Gasteiger charge is 2.07. The third-order valence-corrected chi connectivity index (χ3v) is 0.594.